The van der Waals surface area contributed by atoms with Crippen molar-refractivity contribution in [3.05, 3.63) is 0 Å². The summed E-state index contributed by atoms with van der Waals surface area (Å²) in [6.45, 7) is 8.97. The predicted molar refractivity (Wildman–Crippen MR) is 72.2 cm³/mol. The normalized spacial score (nSPS) is 37.9. The van der Waals surface area contributed by atoms with Gasteiger partial charge < -0.3 is 10.1 Å². The van der Waals surface area contributed by atoms with Crippen LogP contribution in [0, 0.1) is 11.8 Å². The van der Waals surface area contributed by atoms with Crippen molar-refractivity contribution >= 4 is 0 Å². The smallest absolute Gasteiger partial charge is 0.0641 e. The third-order valence-corrected chi connectivity index (χ3v) is 4.53. The lowest BCUT2D eigenvalue weighted by Gasteiger charge is -2.37. The first-order valence-corrected chi connectivity index (χ1v) is 7.42. The molecule has 17 heavy (non-hydrogen) atoms. The van der Waals surface area contributed by atoms with E-state index in [0.717, 1.165) is 24.9 Å². The molecule has 2 fully saturated rings. The number of hydrogen-bond donors (Lipinski definition) is 1. The van der Waals surface area contributed by atoms with E-state index in [9.17, 15) is 0 Å². The molecule has 1 aliphatic heterocycles. The van der Waals surface area contributed by atoms with Crippen molar-refractivity contribution in [1.82, 2.24) is 5.32 Å². The van der Waals surface area contributed by atoms with Crippen LogP contribution in [0.3, 0.4) is 0 Å². The summed E-state index contributed by atoms with van der Waals surface area (Å²) in [5.74, 6) is 1.89. The Bertz CT molecular complexity index is 231. The Hall–Kier alpha value is -0.0800. The van der Waals surface area contributed by atoms with Crippen molar-refractivity contribution in [2.24, 2.45) is 11.8 Å². The van der Waals surface area contributed by atoms with Gasteiger partial charge in [0.2, 0.25) is 0 Å². The van der Waals surface area contributed by atoms with E-state index >= 15 is 0 Å². The van der Waals surface area contributed by atoms with Crippen LogP contribution in [0.5, 0.6) is 0 Å². The van der Waals surface area contributed by atoms with Gasteiger partial charge in [0, 0.05) is 12.6 Å². The van der Waals surface area contributed by atoms with E-state index in [1.807, 2.05) is 0 Å². The zero-order valence-electron chi connectivity index (χ0n) is 11.8. The second kappa shape index (κ2) is 5.71. The highest BCUT2D eigenvalue weighted by molar-refractivity contribution is 4.84. The van der Waals surface area contributed by atoms with Gasteiger partial charge in [0.05, 0.1) is 5.60 Å². The Morgan fingerprint density at radius 1 is 1.12 bits per heavy atom. The third-order valence-electron chi connectivity index (χ3n) is 4.53. The molecule has 0 amide bonds. The molecule has 0 aromatic rings. The maximum atomic E-state index is 5.76. The summed E-state index contributed by atoms with van der Waals surface area (Å²) >= 11 is 0. The molecule has 2 aliphatic rings. The molecular formula is C15H29NO. The molecule has 2 rings (SSSR count). The standard InChI is InChI=1S/C15H29NO/c1-12-4-6-13(7-5-12)11-16-14-8-9-17-15(2,3)10-14/h12-14,16H,4-11H2,1-3H3. The fraction of sp³-hybridized carbons (Fsp3) is 1.00. The molecular weight excluding hydrogens is 210 g/mol. The first-order valence-electron chi connectivity index (χ1n) is 7.42. The minimum atomic E-state index is 0.0804. The molecule has 1 heterocycles. The summed E-state index contributed by atoms with van der Waals surface area (Å²) in [4.78, 5) is 0. The highest BCUT2D eigenvalue weighted by Crippen LogP contribution is 2.29. The van der Waals surface area contributed by atoms with Crippen LogP contribution in [0.15, 0.2) is 0 Å². The van der Waals surface area contributed by atoms with Crippen LogP contribution in [0.25, 0.3) is 0 Å². The predicted octanol–water partition coefficient (Wildman–Crippen LogP) is 3.36. The average molecular weight is 239 g/mol. The lowest BCUT2D eigenvalue weighted by Crippen LogP contribution is -2.45. The first-order chi connectivity index (χ1) is 8.05. The second-order valence-electron chi connectivity index (χ2n) is 6.83. The highest BCUT2D eigenvalue weighted by Gasteiger charge is 2.29. The molecule has 0 bridgehead atoms. The van der Waals surface area contributed by atoms with E-state index in [1.54, 1.807) is 0 Å². The Morgan fingerprint density at radius 2 is 1.82 bits per heavy atom. The van der Waals surface area contributed by atoms with Gasteiger partial charge in [-0.2, -0.15) is 0 Å². The van der Waals surface area contributed by atoms with E-state index in [-0.39, 0.29) is 5.60 Å². The van der Waals surface area contributed by atoms with Gasteiger partial charge in [-0.1, -0.05) is 19.8 Å². The Balaban J connectivity index is 1.68. The molecule has 1 atom stereocenters. The molecule has 1 saturated carbocycles. The van der Waals surface area contributed by atoms with Crippen molar-refractivity contribution in [3.63, 3.8) is 0 Å². The number of ether oxygens (including phenoxy) is 1. The second-order valence-corrected chi connectivity index (χ2v) is 6.83. The maximum Gasteiger partial charge on any atom is 0.0641 e. The van der Waals surface area contributed by atoms with Crippen molar-refractivity contribution in [1.29, 1.82) is 0 Å². The molecule has 1 aliphatic carbocycles. The van der Waals surface area contributed by atoms with Crippen LogP contribution in [0.2, 0.25) is 0 Å². The van der Waals surface area contributed by atoms with Crippen LogP contribution in [0.4, 0.5) is 0 Å². The fourth-order valence-corrected chi connectivity index (χ4v) is 3.27. The van der Waals surface area contributed by atoms with Crippen LogP contribution < -0.4 is 5.32 Å². The van der Waals surface area contributed by atoms with Crippen LogP contribution in [0.1, 0.15) is 59.3 Å². The van der Waals surface area contributed by atoms with Crippen molar-refractivity contribution in [2.45, 2.75) is 70.9 Å². The largest absolute Gasteiger partial charge is 0.375 e. The number of rotatable bonds is 3. The molecule has 1 N–H and O–H groups in total. The summed E-state index contributed by atoms with van der Waals surface area (Å²) in [5.41, 5.74) is 0.0804. The van der Waals surface area contributed by atoms with E-state index in [2.05, 4.69) is 26.1 Å². The zero-order chi connectivity index (χ0) is 12.3. The highest BCUT2D eigenvalue weighted by atomic mass is 16.5. The van der Waals surface area contributed by atoms with E-state index < -0.39 is 0 Å². The van der Waals surface area contributed by atoms with E-state index in [0.29, 0.717) is 6.04 Å². The van der Waals surface area contributed by atoms with Gasteiger partial charge in [0.25, 0.3) is 0 Å². The maximum absolute atomic E-state index is 5.76. The number of nitrogens with one attached hydrogen (secondary N) is 1. The molecule has 2 nitrogen and oxygen atoms in total. The molecule has 1 saturated heterocycles. The van der Waals surface area contributed by atoms with E-state index in [1.165, 1.54) is 38.6 Å². The Kier molecular flexibility index (Phi) is 4.48. The molecule has 2 heteroatoms. The van der Waals surface area contributed by atoms with Gasteiger partial charge in [-0.15, -0.1) is 0 Å². The number of hydrogen-bond acceptors (Lipinski definition) is 2. The molecule has 0 aromatic carbocycles. The van der Waals surface area contributed by atoms with Crippen LogP contribution in [-0.4, -0.2) is 24.8 Å². The molecule has 0 aromatic heterocycles. The third kappa shape index (κ3) is 4.26. The first kappa shape index (κ1) is 13.4. The monoisotopic (exact) mass is 239 g/mol. The van der Waals surface area contributed by atoms with Crippen molar-refractivity contribution < 1.29 is 4.74 Å². The van der Waals surface area contributed by atoms with Gasteiger partial charge in [-0.05, 0) is 57.9 Å². The topological polar surface area (TPSA) is 21.3 Å². The summed E-state index contributed by atoms with van der Waals surface area (Å²) < 4.78 is 5.76. The quantitative estimate of drug-likeness (QED) is 0.815. The van der Waals surface area contributed by atoms with Crippen molar-refractivity contribution in [2.75, 3.05) is 13.2 Å². The van der Waals surface area contributed by atoms with Gasteiger partial charge >= 0.3 is 0 Å². The Labute approximate surface area is 107 Å². The lowest BCUT2D eigenvalue weighted by atomic mass is 9.82. The average Bonchev–Trinajstić information content (AvgIpc) is 2.27. The summed E-state index contributed by atoms with van der Waals surface area (Å²) in [7, 11) is 0. The van der Waals surface area contributed by atoms with Gasteiger partial charge in [-0.3, -0.25) is 0 Å². The summed E-state index contributed by atoms with van der Waals surface area (Å²) in [6, 6.07) is 0.679. The van der Waals surface area contributed by atoms with Gasteiger partial charge in [0.15, 0.2) is 0 Å². The minimum Gasteiger partial charge on any atom is -0.375 e. The lowest BCUT2D eigenvalue weighted by molar-refractivity contribution is -0.0633. The molecule has 100 valence electrons. The summed E-state index contributed by atoms with van der Waals surface area (Å²) in [5, 5.41) is 3.78. The molecule has 0 radical (unpaired) electrons. The summed E-state index contributed by atoms with van der Waals surface area (Å²) in [6.07, 6.45) is 8.08. The molecule has 0 spiro atoms. The molecule has 1 unspecified atom stereocenters. The Morgan fingerprint density at radius 3 is 2.47 bits per heavy atom. The van der Waals surface area contributed by atoms with E-state index in [4.69, 9.17) is 4.74 Å². The SMILES string of the molecule is CC1CCC(CNC2CCOC(C)(C)C2)CC1. The van der Waals surface area contributed by atoms with Gasteiger partial charge in [0.1, 0.15) is 0 Å². The zero-order valence-corrected chi connectivity index (χ0v) is 11.8. The van der Waals surface area contributed by atoms with Crippen LogP contribution >= 0.6 is 0 Å². The fourth-order valence-electron chi connectivity index (χ4n) is 3.27. The minimum absolute atomic E-state index is 0.0804. The van der Waals surface area contributed by atoms with Crippen molar-refractivity contribution in [3.8, 4) is 0 Å². The van der Waals surface area contributed by atoms with Crippen LogP contribution in [-0.2, 0) is 4.74 Å². The van der Waals surface area contributed by atoms with Gasteiger partial charge in [-0.25, -0.2) is 0 Å².